The third-order valence-corrected chi connectivity index (χ3v) is 4.08. The molecule has 0 fully saturated rings. The fourth-order valence-electron chi connectivity index (χ4n) is 2.73. The molecule has 142 valence electrons. The van der Waals surface area contributed by atoms with E-state index in [4.69, 9.17) is 5.73 Å². The molecule has 3 aromatic rings. The van der Waals surface area contributed by atoms with Crippen molar-refractivity contribution in [2.45, 2.75) is 33.7 Å². The van der Waals surface area contributed by atoms with Crippen molar-refractivity contribution in [3.8, 4) is 5.82 Å². The fraction of sp³-hybridized carbons (Fsp3) is 0.250. The Bertz CT molecular complexity index is 914. The summed E-state index contributed by atoms with van der Waals surface area (Å²) in [6, 6.07) is 14.1. The number of rotatable bonds is 5. The topological polar surface area (TPSA) is 81.1 Å². The Kier molecular flexibility index (Phi) is 7.35. The Morgan fingerprint density at radius 1 is 1.15 bits per heavy atom. The lowest BCUT2D eigenvalue weighted by Crippen LogP contribution is -2.22. The second kappa shape index (κ2) is 9.50. The first-order valence-electron chi connectivity index (χ1n) is 8.69. The van der Waals surface area contributed by atoms with Gasteiger partial charge in [0.05, 0.1) is 12.2 Å². The van der Waals surface area contributed by atoms with Gasteiger partial charge in [0.25, 0.3) is 0 Å². The predicted octanol–water partition coefficient (Wildman–Crippen LogP) is 3.99. The Balaban J connectivity index is 0.00000261. The normalized spacial score (nSPS) is 11.1. The molecule has 2 heterocycles. The first-order chi connectivity index (χ1) is 12.5. The summed E-state index contributed by atoms with van der Waals surface area (Å²) in [5, 5.41) is 7.57. The number of aryl methyl sites for hydroxylation is 3. The summed E-state index contributed by atoms with van der Waals surface area (Å²) in [4.78, 5) is 8.87. The summed E-state index contributed by atoms with van der Waals surface area (Å²) in [7, 11) is 0. The van der Waals surface area contributed by atoms with Gasteiger partial charge in [-0.05, 0) is 55.7 Å². The quantitative estimate of drug-likeness (QED) is 0.332. The number of guanidine groups is 1. The van der Waals surface area contributed by atoms with Crippen molar-refractivity contribution >= 4 is 35.6 Å². The van der Waals surface area contributed by atoms with E-state index in [1.807, 2.05) is 48.9 Å². The number of nitrogens with zero attached hydrogens (tertiary/aromatic N) is 4. The minimum absolute atomic E-state index is 0. The molecular weight excluding hydrogens is 451 g/mol. The van der Waals surface area contributed by atoms with Crippen LogP contribution in [-0.2, 0) is 13.0 Å². The van der Waals surface area contributed by atoms with Crippen LogP contribution >= 0.6 is 24.0 Å². The number of hydrogen-bond acceptors (Lipinski definition) is 3. The molecule has 1 aromatic carbocycles. The van der Waals surface area contributed by atoms with E-state index in [0.717, 1.165) is 34.9 Å². The molecule has 0 aliphatic rings. The number of hydrogen-bond donors (Lipinski definition) is 2. The highest BCUT2D eigenvalue weighted by Gasteiger charge is 2.05. The molecule has 0 aliphatic heterocycles. The van der Waals surface area contributed by atoms with Gasteiger partial charge < -0.3 is 11.1 Å². The van der Waals surface area contributed by atoms with E-state index in [1.54, 1.807) is 6.20 Å². The van der Waals surface area contributed by atoms with Gasteiger partial charge in [-0.15, -0.1) is 24.0 Å². The van der Waals surface area contributed by atoms with Crippen LogP contribution in [0.5, 0.6) is 0 Å². The molecule has 7 heteroatoms. The standard InChI is InChI=1S/C20H24N6.HI/c1-4-16-6-5-7-18(11-16)24-20(21)23-13-17-8-9-19(22-12-17)26-15(3)10-14(2)25-26;/h5-12H,4,13H2,1-3H3,(H3,21,23,24);1H. The Hall–Kier alpha value is -2.42. The lowest BCUT2D eigenvalue weighted by Gasteiger charge is -2.07. The maximum Gasteiger partial charge on any atom is 0.193 e. The number of anilines is 1. The first-order valence-corrected chi connectivity index (χ1v) is 8.69. The molecule has 0 amide bonds. The van der Waals surface area contributed by atoms with Crippen molar-refractivity contribution in [2.75, 3.05) is 5.32 Å². The van der Waals surface area contributed by atoms with Gasteiger partial charge in [-0.2, -0.15) is 5.10 Å². The van der Waals surface area contributed by atoms with Crippen molar-refractivity contribution in [1.29, 1.82) is 0 Å². The molecule has 0 saturated carbocycles. The monoisotopic (exact) mass is 476 g/mol. The van der Waals surface area contributed by atoms with E-state index in [-0.39, 0.29) is 24.0 Å². The van der Waals surface area contributed by atoms with E-state index in [2.05, 4.69) is 39.4 Å². The van der Waals surface area contributed by atoms with Crippen LogP contribution in [-0.4, -0.2) is 20.7 Å². The molecule has 0 bridgehead atoms. The van der Waals surface area contributed by atoms with Crippen LogP contribution in [0.15, 0.2) is 53.7 Å². The van der Waals surface area contributed by atoms with Crippen LogP contribution < -0.4 is 11.1 Å². The molecule has 0 radical (unpaired) electrons. The Morgan fingerprint density at radius 2 is 1.96 bits per heavy atom. The lowest BCUT2D eigenvalue weighted by atomic mass is 10.1. The number of halogens is 1. The highest BCUT2D eigenvalue weighted by Crippen LogP contribution is 2.12. The van der Waals surface area contributed by atoms with Crippen LogP contribution in [0.2, 0.25) is 0 Å². The second-order valence-electron chi connectivity index (χ2n) is 6.24. The molecule has 0 aliphatic carbocycles. The van der Waals surface area contributed by atoms with Crippen molar-refractivity contribution in [3.63, 3.8) is 0 Å². The van der Waals surface area contributed by atoms with Crippen LogP contribution in [0.1, 0.15) is 29.4 Å². The SMILES string of the molecule is CCc1cccc(NC(N)=NCc2ccc(-n3nc(C)cc3C)nc2)c1.I. The molecule has 3 rings (SSSR count). The molecule has 27 heavy (non-hydrogen) atoms. The van der Waals surface area contributed by atoms with Crippen LogP contribution in [0.3, 0.4) is 0 Å². The third-order valence-electron chi connectivity index (χ3n) is 4.08. The summed E-state index contributed by atoms with van der Waals surface area (Å²) in [5.74, 6) is 1.19. The number of nitrogens with two attached hydrogens (primary N) is 1. The highest BCUT2D eigenvalue weighted by atomic mass is 127. The van der Waals surface area contributed by atoms with E-state index in [1.165, 1.54) is 5.56 Å². The fourth-order valence-corrected chi connectivity index (χ4v) is 2.73. The number of aliphatic imine (C=N–C) groups is 1. The first kappa shape index (κ1) is 20.9. The zero-order valence-electron chi connectivity index (χ0n) is 15.8. The van der Waals surface area contributed by atoms with Crippen LogP contribution in [0.4, 0.5) is 5.69 Å². The van der Waals surface area contributed by atoms with Gasteiger partial charge in [-0.1, -0.05) is 25.1 Å². The van der Waals surface area contributed by atoms with Gasteiger partial charge in [0.2, 0.25) is 0 Å². The van der Waals surface area contributed by atoms with Crippen molar-refractivity contribution < 1.29 is 0 Å². The molecule has 0 unspecified atom stereocenters. The number of pyridine rings is 1. The molecule has 0 spiro atoms. The summed E-state index contributed by atoms with van der Waals surface area (Å²) < 4.78 is 1.83. The maximum atomic E-state index is 5.99. The van der Waals surface area contributed by atoms with Crippen molar-refractivity contribution in [1.82, 2.24) is 14.8 Å². The molecule has 2 aromatic heterocycles. The number of benzene rings is 1. The summed E-state index contributed by atoms with van der Waals surface area (Å²) in [5.41, 5.74) is 11.2. The minimum atomic E-state index is 0. The average molecular weight is 476 g/mol. The van der Waals surface area contributed by atoms with Gasteiger partial charge in [-0.3, -0.25) is 0 Å². The summed E-state index contributed by atoms with van der Waals surface area (Å²) >= 11 is 0. The van der Waals surface area contributed by atoms with E-state index >= 15 is 0 Å². The molecule has 0 atom stereocenters. The Morgan fingerprint density at radius 3 is 2.59 bits per heavy atom. The number of aromatic nitrogens is 3. The lowest BCUT2D eigenvalue weighted by molar-refractivity contribution is 0.803. The average Bonchev–Trinajstić information content (AvgIpc) is 2.99. The summed E-state index contributed by atoms with van der Waals surface area (Å²) in [6.07, 6.45) is 2.79. The molecule has 3 N–H and O–H groups in total. The van der Waals surface area contributed by atoms with E-state index in [0.29, 0.717) is 12.5 Å². The maximum absolute atomic E-state index is 5.99. The smallest absolute Gasteiger partial charge is 0.193 e. The highest BCUT2D eigenvalue weighted by molar-refractivity contribution is 14.0. The molecular formula is C20H25IN6. The minimum Gasteiger partial charge on any atom is -0.370 e. The zero-order chi connectivity index (χ0) is 18.5. The summed E-state index contributed by atoms with van der Waals surface area (Å²) in [6.45, 7) is 6.58. The molecule has 0 saturated heterocycles. The van der Waals surface area contributed by atoms with Crippen LogP contribution in [0.25, 0.3) is 5.82 Å². The predicted molar refractivity (Wildman–Crippen MR) is 121 cm³/mol. The van der Waals surface area contributed by atoms with Gasteiger partial charge in [0.15, 0.2) is 11.8 Å². The largest absolute Gasteiger partial charge is 0.370 e. The van der Waals surface area contributed by atoms with Crippen LogP contribution in [0, 0.1) is 13.8 Å². The van der Waals surface area contributed by atoms with Gasteiger partial charge >= 0.3 is 0 Å². The second-order valence-corrected chi connectivity index (χ2v) is 6.24. The number of nitrogens with one attached hydrogen (secondary N) is 1. The van der Waals surface area contributed by atoms with Crippen molar-refractivity contribution in [3.05, 3.63) is 71.2 Å². The van der Waals surface area contributed by atoms with Gasteiger partial charge in [0, 0.05) is 17.6 Å². The Labute approximate surface area is 176 Å². The van der Waals surface area contributed by atoms with E-state index < -0.39 is 0 Å². The van der Waals surface area contributed by atoms with Gasteiger partial charge in [0.1, 0.15) is 0 Å². The van der Waals surface area contributed by atoms with E-state index in [9.17, 15) is 0 Å². The third kappa shape index (κ3) is 5.53. The molecule has 6 nitrogen and oxygen atoms in total. The zero-order valence-corrected chi connectivity index (χ0v) is 18.1. The van der Waals surface area contributed by atoms with Crippen molar-refractivity contribution in [2.24, 2.45) is 10.7 Å². The van der Waals surface area contributed by atoms with Gasteiger partial charge in [-0.25, -0.2) is 14.7 Å².